The zero-order chi connectivity index (χ0) is 22.4. The summed E-state index contributed by atoms with van der Waals surface area (Å²) < 4.78 is 5.36. The van der Waals surface area contributed by atoms with Crippen molar-refractivity contribution in [1.29, 1.82) is 0 Å². The number of hydrogen-bond donors (Lipinski definition) is 3. The van der Waals surface area contributed by atoms with E-state index >= 15 is 0 Å². The quantitative estimate of drug-likeness (QED) is 0.499. The maximum absolute atomic E-state index is 11.5. The maximum atomic E-state index is 11.5. The number of aromatic nitrogens is 1. The number of aldehydes is 1. The molecule has 0 spiro atoms. The molecule has 1 saturated heterocycles. The highest BCUT2D eigenvalue weighted by Gasteiger charge is 2.23. The van der Waals surface area contributed by atoms with Crippen LogP contribution in [0, 0.1) is 0 Å². The molecule has 0 unspecified atom stereocenters. The third-order valence-electron chi connectivity index (χ3n) is 5.24. The molecule has 1 aliphatic heterocycles. The van der Waals surface area contributed by atoms with Crippen molar-refractivity contribution in [2.24, 2.45) is 5.73 Å². The van der Waals surface area contributed by atoms with Gasteiger partial charge in [0.05, 0.1) is 16.1 Å². The predicted molar refractivity (Wildman–Crippen MR) is 120 cm³/mol. The summed E-state index contributed by atoms with van der Waals surface area (Å²) in [7, 11) is 1.50. The van der Waals surface area contributed by atoms with Gasteiger partial charge in [-0.2, -0.15) is 0 Å². The van der Waals surface area contributed by atoms with Crippen LogP contribution in [-0.4, -0.2) is 46.7 Å². The number of aromatic hydroxyl groups is 2. The van der Waals surface area contributed by atoms with Crippen molar-refractivity contribution in [3.05, 3.63) is 52.7 Å². The first-order chi connectivity index (χ1) is 15.1. The fourth-order valence-corrected chi connectivity index (χ4v) is 3.89. The lowest BCUT2D eigenvalue weighted by molar-refractivity contribution is 0.111. The molecule has 1 aliphatic rings. The van der Waals surface area contributed by atoms with Crippen LogP contribution in [0.4, 0.5) is 0 Å². The number of hydrogen-bond acceptors (Lipinski definition) is 7. The monoisotopic (exact) mass is 443 g/mol. The summed E-state index contributed by atoms with van der Waals surface area (Å²) in [5.74, 6) is -0.245. The van der Waals surface area contributed by atoms with Gasteiger partial charge in [-0.3, -0.25) is 9.69 Å². The van der Waals surface area contributed by atoms with E-state index in [1.807, 2.05) is 24.3 Å². The lowest BCUT2D eigenvalue weighted by Gasteiger charge is -2.26. The first kappa shape index (κ1) is 22.8. The standard InChI is InChI=1S/C22H21ClN2O4.CH5N/c23-17-10-16(19(27)11-20(17)28)22-21(18(13-26)24-29-22)15-6-4-14(5-7-15)12-25-8-2-1-3-9-25;1-2/h4-7,10-11,13,27-28H,1-3,8-9,12H2;2H2,1H3. The Balaban J connectivity index is 0.00000132. The topological polar surface area (TPSA) is 113 Å². The van der Waals surface area contributed by atoms with Gasteiger partial charge in [0.2, 0.25) is 0 Å². The van der Waals surface area contributed by atoms with E-state index < -0.39 is 0 Å². The Morgan fingerprint density at radius 1 is 1.10 bits per heavy atom. The Kier molecular flexibility index (Phi) is 7.68. The molecule has 4 rings (SSSR count). The maximum Gasteiger partial charge on any atom is 0.179 e. The van der Waals surface area contributed by atoms with Gasteiger partial charge in [0, 0.05) is 12.6 Å². The summed E-state index contributed by atoms with van der Waals surface area (Å²) in [5.41, 5.74) is 7.29. The second kappa shape index (κ2) is 10.4. The summed E-state index contributed by atoms with van der Waals surface area (Å²) in [6.07, 6.45) is 4.39. The molecule has 0 aliphatic carbocycles. The third-order valence-corrected chi connectivity index (χ3v) is 5.54. The SMILES string of the molecule is CN.O=Cc1noc(-c2cc(Cl)c(O)cc2O)c1-c1ccc(CN2CCCCC2)cc1. The molecule has 1 fully saturated rings. The van der Waals surface area contributed by atoms with Crippen LogP contribution in [-0.2, 0) is 6.54 Å². The number of phenols is 2. The van der Waals surface area contributed by atoms with Crippen molar-refractivity contribution >= 4 is 17.9 Å². The molecule has 7 nitrogen and oxygen atoms in total. The van der Waals surface area contributed by atoms with Crippen LogP contribution in [0.25, 0.3) is 22.5 Å². The highest BCUT2D eigenvalue weighted by molar-refractivity contribution is 6.32. The fraction of sp³-hybridized carbons (Fsp3) is 0.304. The second-order valence-electron chi connectivity index (χ2n) is 7.24. The van der Waals surface area contributed by atoms with Gasteiger partial charge in [-0.05, 0) is 50.2 Å². The minimum absolute atomic E-state index is 0.0599. The van der Waals surface area contributed by atoms with Crippen LogP contribution in [0.5, 0.6) is 11.5 Å². The smallest absolute Gasteiger partial charge is 0.179 e. The van der Waals surface area contributed by atoms with E-state index in [1.54, 1.807) is 0 Å². The van der Waals surface area contributed by atoms with Gasteiger partial charge in [-0.15, -0.1) is 0 Å². The van der Waals surface area contributed by atoms with Gasteiger partial charge < -0.3 is 20.5 Å². The van der Waals surface area contributed by atoms with E-state index in [9.17, 15) is 15.0 Å². The molecule has 31 heavy (non-hydrogen) atoms. The van der Waals surface area contributed by atoms with Crippen molar-refractivity contribution in [3.63, 3.8) is 0 Å². The van der Waals surface area contributed by atoms with Crippen molar-refractivity contribution in [2.75, 3.05) is 20.1 Å². The second-order valence-corrected chi connectivity index (χ2v) is 7.65. The molecule has 0 radical (unpaired) electrons. The average Bonchev–Trinajstić information content (AvgIpc) is 3.23. The number of nitrogens with zero attached hydrogens (tertiary/aromatic N) is 2. The molecular weight excluding hydrogens is 418 g/mol. The van der Waals surface area contributed by atoms with Crippen LogP contribution in [0.1, 0.15) is 35.3 Å². The number of halogens is 1. The van der Waals surface area contributed by atoms with Crippen molar-refractivity contribution in [2.45, 2.75) is 25.8 Å². The van der Waals surface area contributed by atoms with Crippen LogP contribution < -0.4 is 5.73 Å². The van der Waals surface area contributed by atoms with E-state index in [-0.39, 0.29) is 33.5 Å². The number of nitrogens with two attached hydrogens (primary N) is 1. The van der Waals surface area contributed by atoms with Crippen LogP contribution in [0.3, 0.4) is 0 Å². The Labute approximate surface area is 186 Å². The predicted octanol–water partition coefficient (Wildman–Crippen LogP) is 4.45. The number of likely N-dealkylation sites (tertiary alicyclic amines) is 1. The first-order valence-electron chi connectivity index (χ1n) is 10.1. The molecule has 2 heterocycles. The lowest BCUT2D eigenvalue weighted by atomic mass is 9.98. The molecule has 0 atom stereocenters. The zero-order valence-corrected chi connectivity index (χ0v) is 18.1. The van der Waals surface area contributed by atoms with Crippen molar-refractivity contribution in [1.82, 2.24) is 10.1 Å². The number of benzene rings is 2. The summed E-state index contributed by atoms with van der Waals surface area (Å²) in [6, 6.07) is 10.4. The minimum Gasteiger partial charge on any atom is -0.507 e. The van der Waals surface area contributed by atoms with Gasteiger partial charge in [-0.1, -0.05) is 47.4 Å². The summed E-state index contributed by atoms with van der Waals surface area (Å²) in [5, 5.41) is 23.8. The van der Waals surface area contributed by atoms with Gasteiger partial charge >= 0.3 is 0 Å². The van der Waals surface area contributed by atoms with E-state index in [0.29, 0.717) is 11.8 Å². The van der Waals surface area contributed by atoms with Gasteiger partial charge in [0.25, 0.3) is 0 Å². The number of rotatable bonds is 5. The average molecular weight is 444 g/mol. The molecule has 2 aromatic carbocycles. The molecule has 4 N–H and O–H groups in total. The Hall–Kier alpha value is -2.87. The third kappa shape index (κ3) is 5.07. The Morgan fingerprint density at radius 3 is 2.42 bits per heavy atom. The normalized spacial score (nSPS) is 14.0. The molecule has 1 aromatic heterocycles. The molecule has 0 amide bonds. The largest absolute Gasteiger partial charge is 0.507 e. The van der Waals surface area contributed by atoms with E-state index in [4.69, 9.17) is 16.1 Å². The Bertz CT molecular complexity index is 1030. The molecule has 0 bridgehead atoms. The highest BCUT2D eigenvalue weighted by Crippen LogP contribution is 2.42. The number of carbonyl (C=O) groups excluding carboxylic acids is 1. The molecule has 164 valence electrons. The molecule has 0 saturated carbocycles. The summed E-state index contributed by atoms with van der Waals surface area (Å²) in [4.78, 5) is 14.0. The molecule has 3 aromatic rings. The van der Waals surface area contributed by atoms with E-state index in [0.717, 1.165) is 31.3 Å². The zero-order valence-electron chi connectivity index (χ0n) is 17.3. The van der Waals surface area contributed by atoms with E-state index in [1.165, 1.54) is 37.9 Å². The molecule has 8 heteroatoms. The minimum atomic E-state index is -0.244. The van der Waals surface area contributed by atoms with Gasteiger partial charge in [0.1, 0.15) is 11.5 Å². The highest BCUT2D eigenvalue weighted by atomic mass is 35.5. The number of piperidine rings is 1. The van der Waals surface area contributed by atoms with E-state index in [2.05, 4.69) is 15.8 Å². The fourth-order valence-electron chi connectivity index (χ4n) is 3.73. The van der Waals surface area contributed by atoms with Crippen LogP contribution >= 0.6 is 11.6 Å². The van der Waals surface area contributed by atoms with Crippen LogP contribution in [0.15, 0.2) is 40.9 Å². The van der Waals surface area contributed by atoms with Gasteiger partial charge in [0.15, 0.2) is 17.7 Å². The first-order valence-corrected chi connectivity index (χ1v) is 10.5. The molecular formula is C23H26ClN3O4. The van der Waals surface area contributed by atoms with Crippen molar-refractivity contribution < 1.29 is 19.5 Å². The van der Waals surface area contributed by atoms with Crippen molar-refractivity contribution in [3.8, 4) is 33.9 Å². The summed E-state index contributed by atoms with van der Waals surface area (Å²) >= 11 is 5.99. The summed E-state index contributed by atoms with van der Waals surface area (Å²) in [6.45, 7) is 3.13. The lowest BCUT2D eigenvalue weighted by Crippen LogP contribution is -2.28. The number of carbonyl (C=O) groups is 1. The van der Waals surface area contributed by atoms with Gasteiger partial charge in [-0.25, -0.2) is 0 Å². The number of phenolic OH excluding ortho intramolecular Hbond substituents is 2. The Morgan fingerprint density at radius 2 is 1.77 bits per heavy atom. The van der Waals surface area contributed by atoms with Crippen LogP contribution in [0.2, 0.25) is 5.02 Å².